The average molecular weight is 486 g/mol. The summed E-state index contributed by atoms with van der Waals surface area (Å²) in [5, 5.41) is 13.1. The Labute approximate surface area is 191 Å². The molecule has 0 saturated heterocycles. The van der Waals surface area contributed by atoms with Gasteiger partial charge in [-0.25, -0.2) is 14.6 Å². The van der Waals surface area contributed by atoms with Crippen LogP contribution in [0.2, 0.25) is 0 Å². The zero-order valence-electron chi connectivity index (χ0n) is 17.9. The van der Waals surface area contributed by atoms with Crippen molar-refractivity contribution in [1.82, 2.24) is 39.7 Å². The van der Waals surface area contributed by atoms with Gasteiger partial charge in [-0.05, 0) is 23.8 Å². The Morgan fingerprint density at radius 2 is 1.97 bits per heavy atom. The quantitative estimate of drug-likeness (QED) is 0.325. The van der Waals surface area contributed by atoms with E-state index >= 15 is 0 Å². The van der Waals surface area contributed by atoms with Crippen LogP contribution < -0.4 is 0 Å². The number of alkyl halides is 3. The van der Waals surface area contributed by atoms with Gasteiger partial charge >= 0.3 is 5.92 Å². The summed E-state index contributed by atoms with van der Waals surface area (Å²) >= 11 is 0. The molecule has 5 rings (SSSR count). The number of aromatic nitrogens is 8. The SMILES string of the molecule is CCP(=O)(Cn1cc(-c2cnc3nnn(Cc4ccc5ncccc5c4)c3n2)cn1)C(F)(F)F. The molecule has 1 unspecified atom stereocenters. The van der Waals surface area contributed by atoms with Gasteiger partial charge in [0.2, 0.25) is 12.8 Å². The first-order valence-electron chi connectivity index (χ1n) is 10.3. The first kappa shape index (κ1) is 22.1. The molecular weight excluding hydrogens is 468 g/mol. The first-order chi connectivity index (χ1) is 16.3. The Bertz CT molecular complexity index is 1540. The molecule has 1 atom stereocenters. The van der Waals surface area contributed by atoms with E-state index in [1.54, 1.807) is 10.9 Å². The third kappa shape index (κ3) is 4.05. The topological polar surface area (TPSA) is 104 Å². The Morgan fingerprint density at radius 1 is 1.12 bits per heavy atom. The summed E-state index contributed by atoms with van der Waals surface area (Å²) < 4.78 is 54.6. The fraction of sp³-hybridized carbons (Fsp3) is 0.238. The maximum atomic E-state index is 13.2. The highest BCUT2D eigenvalue weighted by atomic mass is 31.2. The molecule has 13 heteroatoms. The smallest absolute Gasteiger partial charge is 0.312 e. The van der Waals surface area contributed by atoms with Gasteiger partial charge in [0, 0.05) is 29.5 Å². The summed E-state index contributed by atoms with van der Waals surface area (Å²) in [7, 11) is -4.44. The van der Waals surface area contributed by atoms with Gasteiger partial charge in [-0.2, -0.15) is 18.3 Å². The molecule has 0 N–H and O–H groups in total. The van der Waals surface area contributed by atoms with Crippen LogP contribution in [0.5, 0.6) is 0 Å². The van der Waals surface area contributed by atoms with Crippen molar-refractivity contribution in [2.45, 2.75) is 25.7 Å². The van der Waals surface area contributed by atoms with Crippen LogP contribution in [0.25, 0.3) is 33.5 Å². The van der Waals surface area contributed by atoms with Crippen LogP contribution in [0, 0.1) is 0 Å². The lowest BCUT2D eigenvalue weighted by Crippen LogP contribution is -2.15. The van der Waals surface area contributed by atoms with Gasteiger partial charge in [-0.1, -0.05) is 24.3 Å². The Kier molecular flexibility index (Phi) is 5.40. The van der Waals surface area contributed by atoms with Gasteiger partial charge < -0.3 is 4.57 Å². The maximum absolute atomic E-state index is 13.2. The second-order valence-electron chi connectivity index (χ2n) is 7.76. The molecule has 5 aromatic rings. The van der Waals surface area contributed by atoms with Crippen molar-refractivity contribution < 1.29 is 17.7 Å². The van der Waals surface area contributed by atoms with Gasteiger partial charge in [0.05, 0.1) is 30.1 Å². The number of hydrogen-bond donors (Lipinski definition) is 0. The molecule has 0 aliphatic heterocycles. The number of hydrogen-bond acceptors (Lipinski definition) is 7. The molecule has 0 amide bonds. The molecule has 1 aromatic carbocycles. The molecule has 0 aliphatic carbocycles. The van der Waals surface area contributed by atoms with Crippen molar-refractivity contribution in [2.24, 2.45) is 0 Å². The van der Waals surface area contributed by atoms with E-state index < -0.39 is 25.5 Å². The average Bonchev–Trinajstić information content (AvgIpc) is 3.45. The minimum Gasteiger partial charge on any atom is -0.312 e. The molecule has 174 valence electrons. The zero-order chi connectivity index (χ0) is 23.9. The molecule has 0 aliphatic rings. The summed E-state index contributed by atoms with van der Waals surface area (Å²) in [5.74, 6) is -4.77. The third-order valence-electron chi connectivity index (χ3n) is 5.50. The molecule has 0 spiro atoms. The van der Waals surface area contributed by atoms with E-state index in [4.69, 9.17) is 0 Å². The summed E-state index contributed by atoms with van der Waals surface area (Å²) in [6, 6.07) is 9.70. The lowest BCUT2D eigenvalue weighted by Gasteiger charge is -2.19. The molecule has 0 fully saturated rings. The number of fused-ring (bicyclic) bond motifs is 2. The molecule has 0 bridgehead atoms. The summed E-state index contributed by atoms with van der Waals surface area (Å²) in [6.07, 6.45) is 4.72. The van der Waals surface area contributed by atoms with E-state index in [1.807, 2.05) is 30.3 Å². The van der Waals surface area contributed by atoms with Crippen molar-refractivity contribution >= 4 is 29.3 Å². The predicted molar refractivity (Wildman–Crippen MR) is 119 cm³/mol. The molecule has 0 radical (unpaired) electrons. The van der Waals surface area contributed by atoms with Gasteiger partial charge in [0.25, 0.3) is 0 Å². The predicted octanol–water partition coefficient (Wildman–Crippen LogP) is 4.54. The Balaban J connectivity index is 1.44. The van der Waals surface area contributed by atoms with Crippen LogP contribution in [-0.2, 0) is 17.4 Å². The lowest BCUT2D eigenvalue weighted by atomic mass is 10.1. The molecular formula is C21H18F3N8OP. The van der Waals surface area contributed by atoms with Crippen LogP contribution in [0.1, 0.15) is 12.5 Å². The van der Waals surface area contributed by atoms with Crippen LogP contribution >= 0.6 is 7.14 Å². The van der Waals surface area contributed by atoms with Crippen molar-refractivity contribution in [3.8, 4) is 11.3 Å². The minimum atomic E-state index is -4.77. The largest absolute Gasteiger partial charge is 0.441 e. The second-order valence-corrected chi connectivity index (χ2v) is 11.0. The summed E-state index contributed by atoms with van der Waals surface area (Å²) in [4.78, 5) is 13.1. The fourth-order valence-corrected chi connectivity index (χ4v) is 4.91. The maximum Gasteiger partial charge on any atom is 0.441 e. The highest BCUT2D eigenvalue weighted by Gasteiger charge is 2.49. The first-order valence-corrected chi connectivity index (χ1v) is 12.4. The van der Waals surface area contributed by atoms with Gasteiger partial charge in [0.1, 0.15) is 6.29 Å². The van der Waals surface area contributed by atoms with Crippen molar-refractivity contribution in [1.29, 1.82) is 0 Å². The van der Waals surface area contributed by atoms with Gasteiger partial charge in [-0.15, -0.1) is 5.10 Å². The third-order valence-corrected chi connectivity index (χ3v) is 8.19. The summed E-state index contributed by atoms with van der Waals surface area (Å²) in [6.45, 7) is 1.66. The van der Waals surface area contributed by atoms with Crippen LogP contribution in [0.4, 0.5) is 13.2 Å². The van der Waals surface area contributed by atoms with Crippen LogP contribution in [-0.4, -0.2) is 51.8 Å². The number of pyridine rings is 1. The normalized spacial score (nSPS) is 14.0. The highest BCUT2D eigenvalue weighted by Crippen LogP contribution is 2.61. The Morgan fingerprint density at radius 3 is 2.76 bits per heavy atom. The van der Waals surface area contributed by atoms with E-state index in [1.165, 1.54) is 25.5 Å². The number of rotatable bonds is 6. The van der Waals surface area contributed by atoms with Gasteiger partial charge in [-0.3, -0.25) is 9.67 Å². The Hall–Kier alpha value is -3.66. The monoisotopic (exact) mass is 486 g/mol. The van der Waals surface area contributed by atoms with Crippen molar-refractivity contribution in [2.75, 3.05) is 6.16 Å². The van der Waals surface area contributed by atoms with E-state index in [-0.39, 0.29) is 0 Å². The minimum absolute atomic E-state index is 0.339. The molecule has 9 nitrogen and oxygen atoms in total. The van der Waals surface area contributed by atoms with E-state index in [0.717, 1.165) is 21.1 Å². The number of benzene rings is 1. The lowest BCUT2D eigenvalue weighted by molar-refractivity contribution is -0.0474. The van der Waals surface area contributed by atoms with E-state index in [9.17, 15) is 17.7 Å². The van der Waals surface area contributed by atoms with Crippen molar-refractivity contribution in [3.63, 3.8) is 0 Å². The van der Waals surface area contributed by atoms with Gasteiger partial charge in [0.15, 0.2) is 5.65 Å². The number of halogens is 3. The van der Waals surface area contributed by atoms with Crippen LogP contribution in [0.3, 0.4) is 0 Å². The zero-order valence-corrected chi connectivity index (χ0v) is 18.8. The fourth-order valence-electron chi connectivity index (χ4n) is 3.56. The molecule has 0 saturated carbocycles. The van der Waals surface area contributed by atoms with E-state index in [2.05, 4.69) is 30.4 Å². The molecule has 34 heavy (non-hydrogen) atoms. The number of nitrogens with zero attached hydrogens (tertiary/aromatic N) is 8. The molecule has 4 aromatic heterocycles. The van der Waals surface area contributed by atoms with Crippen molar-refractivity contribution in [3.05, 3.63) is 60.7 Å². The second kappa shape index (κ2) is 8.28. The summed E-state index contributed by atoms with van der Waals surface area (Å²) in [5.41, 5.74) is 3.45. The standard InChI is InChI=1S/C21H18F3N8OP/c1-2-34(33,21(22,23)24)13-31-12-16(9-27-31)18-10-26-19-20(28-18)32(30-29-19)11-14-5-6-17-15(8-14)4-3-7-25-17/h3-10,12H,2,11,13H2,1H3. The molecule has 4 heterocycles. The highest BCUT2D eigenvalue weighted by molar-refractivity contribution is 7.63. The van der Waals surface area contributed by atoms with Crippen LogP contribution in [0.15, 0.2) is 55.1 Å². The van der Waals surface area contributed by atoms with E-state index in [0.29, 0.717) is 29.1 Å².